The third kappa shape index (κ3) is 4.06. The molecule has 1 aromatic heterocycles. The molecule has 0 aliphatic carbocycles. The molecule has 6 heteroatoms. The van der Waals surface area contributed by atoms with E-state index >= 15 is 0 Å². The fraction of sp³-hybridized carbons (Fsp3) is 0.688. The Kier molecular flexibility index (Phi) is 5.21. The lowest BCUT2D eigenvalue weighted by Gasteiger charge is -2.33. The molecule has 0 radical (unpaired) electrons. The molecular formula is C16H24N2O3S. The molecule has 1 aromatic rings. The zero-order chi connectivity index (χ0) is 16.3. The van der Waals surface area contributed by atoms with Gasteiger partial charge in [0, 0.05) is 24.9 Å². The molecule has 0 bridgehead atoms. The predicted octanol–water partition coefficient (Wildman–Crippen LogP) is 3.16. The summed E-state index contributed by atoms with van der Waals surface area (Å²) in [6, 6.07) is 0. The van der Waals surface area contributed by atoms with E-state index in [1.54, 1.807) is 5.51 Å². The largest absolute Gasteiger partial charge is 0.481 e. The summed E-state index contributed by atoms with van der Waals surface area (Å²) in [6.45, 7) is 7.59. The van der Waals surface area contributed by atoms with Crippen molar-refractivity contribution in [3.63, 3.8) is 0 Å². The minimum absolute atomic E-state index is 0.0486. The Morgan fingerprint density at radius 3 is 2.82 bits per heavy atom. The first-order valence-corrected chi connectivity index (χ1v) is 8.62. The lowest BCUT2D eigenvalue weighted by molar-refractivity contribution is -0.137. The number of aliphatic carboxylic acids is 1. The van der Waals surface area contributed by atoms with Gasteiger partial charge in [0.25, 0.3) is 5.91 Å². The zero-order valence-corrected chi connectivity index (χ0v) is 14.3. The molecular weight excluding hydrogens is 300 g/mol. The van der Waals surface area contributed by atoms with Crippen LogP contribution < -0.4 is 0 Å². The molecule has 122 valence electrons. The zero-order valence-electron chi connectivity index (χ0n) is 13.5. The van der Waals surface area contributed by atoms with Gasteiger partial charge in [0.2, 0.25) is 0 Å². The summed E-state index contributed by atoms with van der Waals surface area (Å²) in [4.78, 5) is 30.5. The molecule has 0 aromatic carbocycles. The minimum atomic E-state index is -0.763. The van der Waals surface area contributed by atoms with Gasteiger partial charge in [-0.25, -0.2) is 4.98 Å². The normalized spacial score (nSPS) is 19.2. The molecule has 2 rings (SSSR count). The summed E-state index contributed by atoms with van der Waals surface area (Å²) in [5.74, 6) is -0.423. The maximum atomic E-state index is 12.8. The van der Waals surface area contributed by atoms with Crippen molar-refractivity contribution in [2.24, 2.45) is 5.92 Å². The molecule has 2 heterocycles. The first kappa shape index (κ1) is 16.9. The number of carboxylic acid groups (broad SMARTS) is 1. The van der Waals surface area contributed by atoms with E-state index in [0.717, 1.165) is 30.0 Å². The summed E-state index contributed by atoms with van der Waals surface area (Å²) in [5, 5.41) is 8.81. The number of thiazole rings is 1. The van der Waals surface area contributed by atoms with Crippen molar-refractivity contribution in [3.05, 3.63) is 16.1 Å². The molecule has 1 atom stereocenters. The van der Waals surface area contributed by atoms with Crippen molar-refractivity contribution < 1.29 is 14.7 Å². The van der Waals surface area contributed by atoms with Gasteiger partial charge in [0.15, 0.2) is 0 Å². The van der Waals surface area contributed by atoms with Gasteiger partial charge in [0.05, 0.1) is 11.2 Å². The number of rotatable bonds is 4. The number of nitrogens with zero attached hydrogens (tertiary/aromatic N) is 2. The predicted molar refractivity (Wildman–Crippen MR) is 86.3 cm³/mol. The lowest BCUT2D eigenvalue weighted by atomic mass is 9.90. The molecule has 0 unspecified atom stereocenters. The molecule has 1 N–H and O–H groups in total. The van der Waals surface area contributed by atoms with E-state index in [9.17, 15) is 9.59 Å². The first-order valence-electron chi connectivity index (χ1n) is 7.74. The molecule has 0 saturated carbocycles. The van der Waals surface area contributed by atoms with Gasteiger partial charge in [-0.1, -0.05) is 20.8 Å². The van der Waals surface area contributed by atoms with Crippen LogP contribution >= 0.6 is 11.3 Å². The van der Waals surface area contributed by atoms with Gasteiger partial charge < -0.3 is 10.0 Å². The van der Waals surface area contributed by atoms with E-state index in [2.05, 4.69) is 25.8 Å². The van der Waals surface area contributed by atoms with Crippen molar-refractivity contribution in [1.29, 1.82) is 0 Å². The number of carbonyl (C=O) groups excluding carboxylic acids is 1. The van der Waals surface area contributed by atoms with Crippen LogP contribution in [0.5, 0.6) is 0 Å². The van der Waals surface area contributed by atoms with Crippen LogP contribution in [-0.2, 0) is 10.2 Å². The minimum Gasteiger partial charge on any atom is -0.481 e. The second-order valence-electron chi connectivity index (χ2n) is 6.97. The van der Waals surface area contributed by atoms with Gasteiger partial charge in [-0.3, -0.25) is 9.59 Å². The molecule has 1 amide bonds. The van der Waals surface area contributed by atoms with E-state index < -0.39 is 5.97 Å². The number of piperidine rings is 1. The van der Waals surface area contributed by atoms with Gasteiger partial charge >= 0.3 is 5.97 Å². The number of carbonyl (C=O) groups is 2. The number of carboxylic acids is 1. The van der Waals surface area contributed by atoms with Crippen LogP contribution in [0.25, 0.3) is 0 Å². The van der Waals surface area contributed by atoms with Gasteiger partial charge in [-0.05, 0) is 25.2 Å². The van der Waals surface area contributed by atoms with Crippen LogP contribution in [0.3, 0.4) is 0 Å². The van der Waals surface area contributed by atoms with Crippen LogP contribution in [-0.4, -0.2) is 40.0 Å². The Morgan fingerprint density at radius 1 is 1.45 bits per heavy atom. The molecule has 1 aliphatic heterocycles. The standard InChI is InChI=1S/C16H24N2O3S/c1-16(2,3)14-13(22-10-17-14)15(21)18-8-4-5-11(9-18)6-7-12(19)20/h10-11H,4-9H2,1-3H3,(H,19,20)/t11-/m0/s1. The SMILES string of the molecule is CC(C)(C)c1ncsc1C(=O)N1CCC[C@@H](CCC(=O)O)C1. The Balaban J connectivity index is 2.06. The quantitative estimate of drug-likeness (QED) is 0.923. The lowest BCUT2D eigenvalue weighted by Crippen LogP contribution is -2.40. The summed E-state index contributed by atoms with van der Waals surface area (Å²) in [6.07, 6.45) is 2.78. The van der Waals surface area contributed by atoms with Crippen LogP contribution in [0, 0.1) is 5.92 Å². The Hall–Kier alpha value is -1.43. The summed E-state index contributed by atoms with van der Waals surface area (Å²) >= 11 is 1.40. The van der Waals surface area contributed by atoms with Crippen LogP contribution in [0.4, 0.5) is 0 Å². The highest BCUT2D eigenvalue weighted by Gasteiger charge is 2.30. The maximum Gasteiger partial charge on any atom is 0.303 e. The highest BCUT2D eigenvalue weighted by molar-refractivity contribution is 7.11. The molecule has 5 nitrogen and oxygen atoms in total. The van der Waals surface area contributed by atoms with Gasteiger partial charge in [0.1, 0.15) is 4.88 Å². The van der Waals surface area contributed by atoms with Gasteiger partial charge in [-0.2, -0.15) is 0 Å². The summed E-state index contributed by atoms with van der Waals surface area (Å²) in [5.41, 5.74) is 2.44. The summed E-state index contributed by atoms with van der Waals surface area (Å²) in [7, 11) is 0. The van der Waals surface area contributed by atoms with E-state index in [-0.39, 0.29) is 17.7 Å². The smallest absolute Gasteiger partial charge is 0.303 e. The number of hydrogen-bond acceptors (Lipinski definition) is 4. The van der Waals surface area contributed by atoms with Crippen LogP contribution in [0.2, 0.25) is 0 Å². The number of likely N-dealkylation sites (tertiary alicyclic amines) is 1. The van der Waals surface area contributed by atoms with Crippen molar-refractivity contribution >= 4 is 23.2 Å². The third-order valence-corrected chi connectivity index (χ3v) is 4.86. The van der Waals surface area contributed by atoms with E-state index in [1.807, 2.05) is 4.90 Å². The Bertz CT molecular complexity index is 548. The molecule has 22 heavy (non-hydrogen) atoms. The van der Waals surface area contributed by atoms with E-state index in [4.69, 9.17) is 5.11 Å². The molecule has 1 fully saturated rings. The monoisotopic (exact) mass is 324 g/mol. The average Bonchev–Trinajstić information content (AvgIpc) is 2.94. The van der Waals surface area contributed by atoms with Crippen LogP contribution in [0.15, 0.2) is 5.51 Å². The fourth-order valence-corrected chi connectivity index (χ4v) is 3.85. The van der Waals surface area contributed by atoms with Crippen molar-refractivity contribution in [1.82, 2.24) is 9.88 Å². The topological polar surface area (TPSA) is 70.5 Å². The first-order chi connectivity index (χ1) is 10.3. The van der Waals surface area contributed by atoms with Crippen molar-refractivity contribution in [2.75, 3.05) is 13.1 Å². The second kappa shape index (κ2) is 6.77. The molecule has 1 saturated heterocycles. The fourth-order valence-electron chi connectivity index (χ4n) is 2.89. The molecule has 0 spiro atoms. The Labute approximate surface area is 135 Å². The third-order valence-electron chi connectivity index (χ3n) is 4.04. The van der Waals surface area contributed by atoms with E-state index in [0.29, 0.717) is 18.9 Å². The molecule has 1 aliphatic rings. The van der Waals surface area contributed by atoms with Crippen LogP contribution in [0.1, 0.15) is 61.8 Å². The summed E-state index contributed by atoms with van der Waals surface area (Å²) < 4.78 is 0. The average molecular weight is 324 g/mol. The van der Waals surface area contributed by atoms with Gasteiger partial charge in [-0.15, -0.1) is 11.3 Å². The Morgan fingerprint density at radius 2 is 2.18 bits per heavy atom. The van der Waals surface area contributed by atoms with Crippen molar-refractivity contribution in [3.8, 4) is 0 Å². The van der Waals surface area contributed by atoms with Crippen molar-refractivity contribution in [2.45, 2.75) is 51.9 Å². The number of aromatic nitrogens is 1. The van der Waals surface area contributed by atoms with E-state index in [1.165, 1.54) is 11.3 Å². The number of amides is 1. The highest BCUT2D eigenvalue weighted by atomic mass is 32.1. The number of hydrogen-bond donors (Lipinski definition) is 1. The maximum absolute atomic E-state index is 12.8. The highest BCUT2D eigenvalue weighted by Crippen LogP contribution is 2.30. The second-order valence-corrected chi connectivity index (χ2v) is 7.83.